The molecule has 4 nitrogen and oxygen atoms in total. The number of benzene rings is 1. The largest absolute Gasteiger partial charge is 0.507 e. The van der Waals surface area contributed by atoms with E-state index < -0.39 is 11.7 Å². The lowest BCUT2D eigenvalue weighted by Gasteiger charge is -2.18. The van der Waals surface area contributed by atoms with Crippen LogP contribution in [-0.2, 0) is 4.74 Å². The third kappa shape index (κ3) is 3.44. The van der Waals surface area contributed by atoms with E-state index in [4.69, 9.17) is 4.74 Å². The number of nitrogens with one attached hydrogen (secondary N) is 1. The molecule has 104 valence electrons. The van der Waals surface area contributed by atoms with Crippen molar-refractivity contribution >= 4 is 5.91 Å². The van der Waals surface area contributed by atoms with Crippen molar-refractivity contribution in [1.29, 1.82) is 0 Å². The van der Waals surface area contributed by atoms with Gasteiger partial charge in [0, 0.05) is 12.6 Å². The van der Waals surface area contributed by atoms with Gasteiger partial charge in [-0.05, 0) is 38.3 Å². The Morgan fingerprint density at radius 2 is 2.42 bits per heavy atom. The molecule has 0 spiro atoms. The number of ether oxygens (including phenoxy) is 1. The van der Waals surface area contributed by atoms with Crippen LogP contribution in [0.1, 0.15) is 36.5 Å². The van der Waals surface area contributed by atoms with Gasteiger partial charge in [0.25, 0.3) is 5.91 Å². The van der Waals surface area contributed by atoms with Crippen molar-refractivity contribution < 1.29 is 19.0 Å². The second-order valence-electron chi connectivity index (χ2n) is 4.88. The smallest absolute Gasteiger partial charge is 0.258 e. The van der Waals surface area contributed by atoms with Crippen LogP contribution in [0.15, 0.2) is 18.2 Å². The summed E-state index contributed by atoms with van der Waals surface area (Å²) in [6.45, 7) is 2.61. The van der Waals surface area contributed by atoms with Crippen LogP contribution < -0.4 is 5.32 Å². The van der Waals surface area contributed by atoms with Gasteiger partial charge in [0.05, 0.1) is 6.10 Å². The molecule has 0 unspecified atom stereocenters. The maximum atomic E-state index is 13.5. The van der Waals surface area contributed by atoms with Gasteiger partial charge in [-0.3, -0.25) is 4.79 Å². The summed E-state index contributed by atoms with van der Waals surface area (Å²) >= 11 is 0. The van der Waals surface area contributed by atoms with Crippen LogP contribution in [0.4, 0.5) is 4.39 Å². The molecule has 1 fully saturated rings. The minimum Gasteiger partial charge on any atom is -0.507 e. The molecular formula is C14H18FNO3. The number of carbonyl (C=O) groups excluding carboxylic acids is 1. The molecule has 1 aliphatic heterocycles. The van der Waals surface area contributed by atoms with Crippen molar-refractivity contribution in [3.63, 3.8) is 0 Å². The van der Waals surface area contributed by atoms with E-state index in [0.717, 1.165) is 25.5 Å². The monoisotopic (exact) mass is 267 g/mol. The maximum absolute atomic E-state index is 13.5. The fraction of sp³-hybridized carbons (Fsp3) is 0.500. The Morgan fingerprint density at radius 3 is 3.05 bits per heavy atom. The third-order valence-corrected chi connectivity index (χ3v) is 3.24. The highest BCUT2D eigenvalue weighted by atomic mass is 19.1. The van der Waals surface area contributed by atoms with Crippen molar-refractivity contribution in [3.05, 3.63) is 29.6 Å². The molecule has 1 heterocycles. The molecule has 0 aromatic heterocycles. The van der Waals surface area contributed by atoms with Gasteiger partial charge in [0.15, 0.2) is 0 Å². The van der Waals surface area contributed by atoms with Gasteiger partial charge < -0.3 is 15.2 Å². The van der Waals surface area contributed by atoms with Gasteiger partial charge in [-0.2, -0.15) is 0 Å². The van der Waals surface area contributed by atoms with Gasteiger partial charge >= 0.3 is 0 Å². The highest BCUT2D eigenvalue weighted by Crippen LogP contribution is 2.21. The van der Waals surface area contributed by atoms with Crippen molar-refractivity contribution in [2.24, 2.45) is 0 Å². The molecule has 1 aromatic rings. The fourth-order valence-corrected chi connectivity index (χ4v) is 2.32. The Bertz CT molecular complexity index is 438. The Kier molecular flexibility index (Phi) is 4.37. The summed E-state index contributed by atoms with van der Waals surface area (Å²) < 4.78 is 19.0. The second kappa shape index (κ2) is 6.02. The number of aromatic hydroxyl groups is 1. The third-order valence-electron chi connectivity index (χ3n) is 3.24. The first-order valence-corrected chi connectivity index (χ1v) is 6.48. The van der Waals surface area contributed by atoms with E-state index in [-0.39, 0.29) is 23.5 Å². The van der Waals surface area contributed by atoms with Crippen molar-refractivity contribution in [2.45, 2.75) is 38.3 Å². The van der Waals surface area contributed by atoms with E-state index in [1.165, 1.54) is 12.1 Å². The molecule has 1 aliphatic rings. The van der Waals surface area contributed by atoms with E-state index in [1.807, 2.05) is 6.92 Å². The summed E-state index contributed by atoms with van der Waals surface area (Å²) in [6, 6.07) is 3.67. The van der Waals surface area contributed by atoms with Gasteiger partial charge in [0.2, 0.25) is 0 Å². The van der Waals surface area contributed by atoms with Crippen LogP contribution in [0.5, 0.6) is 5.75 Å². The molecule has 1 amide bonds. The molecule has 1 saturated heterocycles. The first kappa shape index (κ1) is 13.8. The van der Waals surface area contributed by atoms with Crippen molar-refractivity contribution in [2.75, 3.05) is 6.61 Å². The zero-order valence-electron chi connectivity index (χ0n) is 10.9. The molecule has 0 bridgehead atoms. The minimum atomic E-state index is -0.721. The summed E-state index contributed by atoms with van der Waals surface area (Å²) in [5.74, 6) is -1.66. The Morgan fingerprint density at radius 1 is 1.63 bits per heavy atom. The fourth-order valence-electron chi connectivity index (χ4n) is 2.32. The highest BCUT2D eigenvalue weighted by molar-refractivity contribution is 5.97. The average Bonchev–Trinajstić information content (AvgIpc) is 2.81. The zero-order chi connectivity index (χ0) is 13.8. The SMILES string of the molecule is C[C@@H](C[C@H]1CCCO1)NC(=O)c1c(O)cccc1F. The summed E-state index contributed by atoms with van der Waals surface area (Å²) in [7, 11) is 0. The number of halogens is 1. The summed E-state index contributed by atoms with van der Waals surface area (Å²) in [6.07, 6.45) is 2.88. The summed E-state index contributed by atoms with van der Waals surface area (Å²) in [5, 5.41) is 12.2. The number of phenols is 1. The molecule has 2 atom stereocenters. The Balaban J connectivity index is 1.96. The molecule has 5 heteroatoms. The summed E-state index contributed by atoms with van der Waals surface area (Å²) in [5.41, 5.74) is -0.304. The lowest BCUT2D eigenvalue weighted by atomic mass is 10.1. The molecule has 2 N–H and O–H groups in total. The van der Waals surface area contributed by atoms with Gasteiger partial charge in [0.1, 0.15) is 17.1 Å². The first-order chi connectivity index (χ1) is 9.08. The van der Waals surface area contributed by atoms with Crippen LogP contribution in [0.2, 0.25) is 0 Å². The predicted octanol–water partition coefficient (Wildman–Crippen LogP) is 2.22. The maximum Gasteiger partial charge on any atom is 0.258 e. The average molecular weight is 267 g/mol. The van der Waals surface area contributed by atoms with Crippen LogP contribution >= 0.6 is 0 Å². The molecule has 0 aliphatic carbocycles. The number of phenolic OH excluding ortho intramolecular Hbond substituents is 1. The number of hydrogen-bond acceptors (Lipinski definition) is 3. The lowest BCUT2D eigenvalue weighted by molar-refractivity contribution is 0.0845. The molecule has 1 aromatic carbocycles. The number of carbonyl (C=O) groups is 1. The first-order valence-electron chi connectivity index (χ1n) is 6.48. The predicted molar refractivity (Wildman–Crippen MR) is 68.6 cm³/mol. The van der Waals surface area contributed by atoms with E-state index in [9.17, 15) is 14.3 Å². The zero-order valence-corrected chi connectivity index (χ0v) is 10.9. The van der Waals surface area contributed by atoms with Gasteiger partial charge in [-0.15, -0.1) is 0 Å². The van der Waals surface area contributed by atoms with Gasteiger partial charge in [-0.1, -0.05) is 6.07 Å². The van der Waals surface area contributed by atoms with Crippen molar-refractivity contribution in [3.8, 4) is 5.75 Å². The van der Waals surface area contributed by atoms with Crippen LogP contribution in [0, 0.1) is 5.82 Å². The van der Waals surface area contributed by atoms with E-state index in [2.05, 4.69) is 5.32 Å². The standard InChI is InChI=1S/C14H18FNO3/c1-9(8-10-4-3-7-19-10)16-14(18)13-11(15)5-2-6-12(13)17/h2,5-6,9-10,17H,3-4,7-8H2,1H3,(H,16,18)/t9-,10+/m0/s1. The molecule has 0 saturated carbocycles. The van der Waals surface area contributed by atoms with Crippen LogP contribution in [-0.4, -0.2) is 29.8 Å². The topological polar surface area (TPSA) is 58.6 Å². The second-order valence-corrected chi connectivity index (χ2v) is 4.88. The molecular weight excluding hydrogens is 249 g/mol. The van der Waals surface area contributed by atoms with Crippen LogP contribution in [0.25, 0.3) is 0 Å². The lowest BCUT2D eigenvalue weighted by Crippen LogP contribution is -2.35. The number of amides is 1. The van der Waals surface area contributed by atoms with Gasteiger partial charge in [-0.25, -0.2) is 4.39 Å². The van der Waals surface area contributed by atoms with E-state index >= 15 is 0 Å². The Hall–Kier alpha value is -1.62. The van der Waals surface area contributed by atoms with E-state index in [1.54, 1.807) is 0 Å². The quantitative estimate of drug-likeness (QED) is 0.879. The van der Waals surface area contributed by atoms with Crippen molar-refractivity contribution in [1.82, 2.24) is 5.32 Å². The molecule has 2 rings (SSSR count). The Labute approximate surface area is 111 Å². The molecule has 19 heavy (non-hydrogen) atoms. The normalized spacial score (nSPS) is 20.2. The molecule has 0 radical (unpaired) electrons. The van der Waals surface area contributed by atoms with E-state index in [0.29, 0.717) is 6.42 Å². The minimum absolute atomic E-state index is 0.130. The number of hydrogen-bond donors (Lipinski definition) is 2. The number of rotatable bonds is 4. The van der Waals surface area contributed by atoms with Crippen LogP contribution in [0.3, 0.4) is 0 Å². The summed E-state index contributed by atoms with van der Waals surface area (Å²) in [4.78, 5) is 11.9. The highest BCUT2D eigenvalue weighted by Gasteiger charge is 2.22.